The lowest BCUT2D eigenvalue weighted by molar-refractivity contribution is -0.120. The van der Waals surface area contributed by atoms with Crippen LogP contribution in [0.3, 0.4) is 0 Å². The van der Waals surface area contributed by atoms with Crippen molar-refractivity contribution in [2.75, 3.05) is 36.4 Å². The number of primary sulfonamides is 1. The lowest BCUT2D eigenvalue weighted by Crippen LogP contribution is -2.52. The summed E-state index contributed by atoms with van der Waals surface area (Å²) in [6, 6.07) is 11.8. The second kappa shape index (κ2) is 8.26. The van der Waals surface area contributed by atoms with Gasteiger partial charge in [-0.3, -0.25) is 9.69 Å². The average molecular weight is 406 g/mol. The largest absolute Gasteiger partial charge is 0.369 e. The lowest BCUT2D eigenvalue weighted by atomic mass is 10.2. The normalized spacial score (nSPS) is 16.6. The van der Waals surface area contributed by atoms with Crippen molar-refractivity contribution in [1.82, 2.24) is 4.90 Å². The van der Waals surface area contributed by atoms with Crippen LogP contribution in [0.5, 0.6) is 0 Å². The number of hydrogen-bond acceptors (Lipinski definition) is 5. The van der Waals surface area contributed by atoms with Gasteiger partial charge in [-0.2, -0.15) is 0 Å². The highest BCUT2D eigenvalue weighted by Crippen LogP contribution is 2.19. The van der Waals surface area contributed by atoms with Crippen LogP contribution < -0.4 is 15.4 Å². The molecular formula is C19H23FN4O3S. The van der Waals surface area contributed by atoms with Gasteiger partial charge in [-0.1, -0.05) is 0 Å². The number of anilines is 2. The van der Waals surface area contributed by atoms with Crippen LogP contribution in [0.15, 0.2) is 53.4 Å². The van der Waals surface area contributed by atoms with Gasteiger partial charge in [0.25, 0.3) is 0 Å². The molecule has 1 unspecified atom stereocenters. The summed E-state index contributed by atoms with van der Waals surface area (Å²) in [5.74, 6) is -0.427. The maximum absolute atomic E-state index is 13.1. The number of sulfonamides is 1. The van der Waals surface area contributed by atoms with E-state index in [9.17, 15) is 17.6 Å². The van der Waals surface area contributed by atoms with Gasteiger partial charge in [0.15, 0.2) is 0 Å². The van der Waals surface area contributed by atoms with Crippen molar-refractivity contribution in [2.45, 2.75) is 17.9 Å². The molecule has 1 atom stereocenters. The summed E-state index contributed by atoms with van der Waals surface area (Å²) in [6.45, 7) is 4.73. The van der Waals surface area contributed by atoms with E-state index in [0.717, 1.165) is 18.8 Å². The van der Waals surface area contributed by atoms with Crippen molar-refractivity contribution in [2.24, 2.45) is 5.14 Å². The second-order valence-corrected chi connectivity index (χ2v) is 8.30. The first-order valence-electron chi connectivity index (χ1n) is 8.92. The van der Waals surface area contributed by atoms with E-state index >= 15 is 0 Å². The molecule has 2 aromatic carbocycles. The SMILES string of the molecule is CC(C(=O)Nc1ccc(S(N)(=O)=O)cc1)N1CCN(c2ccc(F)cc2)CC1. The fourth-order valence-corrected chi connectivity index (χ4v) is 3.68. The number of benzene rings is 2. The second-order valence-electron chi connectivity index (χ2n) is 6.73. The summed E-state index contributed by atoms with van der Waals surface area (Å²) >= 11 is 0. The maximum Gasteiger partial charge on any atom is 0.241 e. The van der Waals surface area contributed by atoms with Gasteiger partial charge in [0.2, 0.25) is 15.9 Å². The van der Waals surface area contributed by atoms with Gasteiger partial charge >= 0.3 is 0 Å². The fraction of sp³-hybridized carbons (Fsp3) is 0.316. The molecule has 9 heteroatoms. The maximum atomic E-state index is 13.1. The monoisotopic (exact) mass is 406 g/mol. The van der Waals surface area contributed by atoms with Crippen LogP contribution in [0.1, 0.15) is 6.92 Å². The highest BCUT2D eigenvalue weighted by molar-refractivity contribution is 7.89. The first-order valence-corrected chi connectivity index (χ1v) is 10.5. The number of hydrogen-bond donors (Lipinski definition) is 2. The Labute approximate surface area is 164 Å². The molecule has 0 spiro atoms. The van der Waals surface area contributed by atoms with Crippen molar-refractivity contribution < 1.29 is 17.6 Å². The van der Waals surface area contributed by atoms with Crippen LogP contribution in [-0.4, -0.2) is 51.4 Å². The predicted molar refractivity (Wildman–Crippen MR) is 106 cm³/mol. The molecule has 3 rings (SSSR count). The van der Waals surface area contributed by atoms with E-state index < -0.39 is 10.0 Å². The first-order chi connectivity index (χ1) is 13.2. The van der Waals surface area contributed by atoms with Gasteiger partial charge in [0.1, 0.15) is 5.82 Å². The van der Waals surface area contributed by atoms with Gasteiger partial charge in [0.05, 0.1) is 10.9 Å². The number of halogens is 1. The molecule has 1 aliphatic rings. The Balaban J connectivity index is 1.55. The van der Waals surface area contributed by atoms with E-state index in [0.29, 0.717) is 18.8 Å². The Morgan fingerprint density at radius 1 is 1.04 bits per heavy atom. The van der Waals surface area contributed by atoms with Crippen LogP contribution in [0, 0.1) is 5.82 Å². The van der Waals surface area contributed by atoms with Crippen LogP contribution in [0.4, 0.5) is 15.8 Å². The Bertz CT molecular complexity index is 925. The molecule has 28 heavy (non-hydrogen) atoms. The van der Waals surface area contributed by atoms with Gasteiger partial charge < -0.3 is 10.2 Å². The van der Waals surface area contributed by atoms with Crippen molar-refractivity contribution >= 4 is 27.3 Å². The topological polar surface area (TPSA) is 95.7 Å². The number of nitrogens with zero attached hydrogens (tertiary/aromatic N) is 2. The molecule has 0 saturated carbocycles. The summed E-state index contributed by atoms with van der Waals surface area (Å²) in [5, 5.41) is 7.87. The molecule has 150 valence electrons. The van der Waals surface area contributed by atoms with Crippen LogP contribution in [-0.2, 0) is 14.8 Å². The summed E-state index contributed by atoms with van der Waals surface area (Å²) < 4.78 is 35.6. The van der Waals surface area contributed by atoms with E-state index in [-0.39, 0.29) is 22.7 Å². The van der Waals surface area contributed by atoms with Gasteiger partial charge in [-0.05, 0) is 55.5 Å². The molecule has 7 nitrogen and oxygen atoms in total. The van der Waals surface area contributed by atoms with E-state index in [4.69, 9.17) is 5.14 Å². The van der Waals surface area contributed by atoms with E-state index in [2.05, 4.69) is 15.1 Å². The summed E-state index contributed by atoms with van der Waals surface area (Å²) in [5.41, 5.74) is 1.47. The third-order valence-corrected chi connectivity index (χ3v) is 5.81. The van der Waals surface area contributed by atoms with E-state index in [1.54, 1.807) is 12.1 Å². The number of nitrogens with one attached hydrogen (secondary N) is 1. The molecular weight excluding hydrogens is 383 g/mol. The highest BCUT2D eigenvalue weighted by Gasteiger charge is 2.25. The molecule has 0 aliphatic carbocycles. The lowest BCUT2D eigenvalue weighted by Gasteiger charge is -2.38. The van der Waals surface area contributed by atoms with Crippen molar-refractivity contribution in [3.63, 3.8) is 0 Å². The number of piperazine rings is 1. The Morgan fingerprint density at radius 3 is 2.14 bits per heavy atom. The van der Waals surface area contributed by atoms with Gasteiger partial charge in [-0.25, -0.2) is 17.9 Å². The minimum atomic E-state index is -3.76. The molecule has 1 heterocycles. The molecule has 3 N–H and O–H groups in total. The van der Waals surface area contributed by atoms with Crippen LogP contribution in [0.25, 0.3) is 0 Å². The van der Waals surface area contributed by atoms with E-state index in [1.807, 2.05) is 6.92 Å². The van der Waals surface area contributed by atoms with Crippen molar-refractivity contribution in [1.29, 1.82) is 0 Å². The first kappa shape index (κ1) is 20.2. The third kappa shape index (κ3) is 4.86. The predicted octanol–water partition coefficient (Wildman–Crippen LogP) is 1.62. The fourth-order valence-electron chi connectivity index (χ4n) is 3.16. The van der Waals surface area contributed by atoms with E-state index in [1.165, 1.54) is 36.4 Å². The molecule has 0 bridgehead atoms. The molecule has 2 aromatic rings. The number of carbonyl (C=O) groups is 1. The average Bonchev–Trinajstić information content (AvgIpc) is 2.68. The number of amides is 1. The third-order valence-electron chi connectivity index (χ3n) is 4.88. The Kier molecular flexibility index (Phi) is 5.97. The number of carbonyl (C=O) groups excluding carboxylic acids is 1. The quantitative estimate of drug-likeness (QED) is 0.787. The highest BCUT2D eigenvalue weighted by atomic mass is 32.2. The minimum absolute atomic E-state index is 0.00420. The molecule has 1 aliphatic heterocycles. The molecule has 0 radical (unpaired) electrons. The van der Waals surface area contributed by atoms with Gasteiger partial charge in [0, 0.05) is 37.6 Å². The summed E-state index contributed by atoms with van der Waals surface area (Å²) in [7, 11) is -3.76. The molecule has 1 fully saturated rings. The Hall–Kier alpha value is -2.49. The van der Waals surface area contributed by atoms with Crippen LogP contribution >= 0.6 is 0 Å². The Morgan fingerprint density at radius 2 is 1.61 bits per heavy atom. The number of nitrogens with two attached hydrogens (primary N) is 1. The smallest absolute Gasteiger partial charge is 0.241 e. The molecule has 1 amide bonds. The minimum Gasteiger partial charge on any atom is -0.369 e. The van der Waals surface area contributed by atoms with Crippen molar-refractivity contribution in [3.05, 3.63) is 54.3 Å². The molecule has 1 saturated heterocycles. The number of rotatable bonds is 5. The zero-order chi connectivity index (χ0) is 20.3. The molecule has 0 aromatic heterocycles. The van der Waals surface area contributed by atoms with Gasteiger partial charge in [-0.15, -0.1) is 0 Å². The zero-order valence-electron chi connectivity index (χ0n) is 15.5. The van der Waals surface area contributed by atoms with Crippen molar-refractivity contribution in [3.8, 4) is 0 Å². The standard InChI is InChI=1S/C19H23FN4O3S/c1-14(19(25)22-16-4-8-18(9-5-16)28(21,26)27)23-10-12-24(13-11-23)17-6-2-15(20)3-7-17/h2-9,14H,10-13H2,1H3,(H,22,25)(H2,21,26,27). The zero-order valence-corrected chi connectivity index (χ0v) is 16.3. The van der Waals surface area contributed by atoms with Crippen LogP contribution in [0.2, 0.25) is 0 Å². The summed E-state index contributed by atoms with van der Waals surface area (Å²) in [4.78, 5) is 16.8. The summed E-state index contributed by atoms with van der Waals surface area (Å²) in [6.07, 6.45) is 0.